The van der Waals surface area contributed by atoms with Crippen molar-refractivity contribution in [3.05, 3.63) is 56.8 Å². The predicted molar refractivity (Wildman–Crippen MR) is 95.6 cm³/mol. The molecule has 0 aliphatic rings. The number of oxazole rings is 1. The number of rotatable bonds is 6. The van der Waals surface area contributed by atoms with Crippen LogP contribution in [0.2, 0.25) is 5.02 Å². The molecule has 0 bridgehead atoms. The van der Waals surface area contributed by atoms with Gasteiger partial charge in [0.05, 0.1) is 18.7 Å². The van der Waals surface area contributed by atoms with Crippen molar-refractivity contribution in [2.24, 2.45) is 0 Å². The molecule has 1 aromatic carbocycles. The van der Waals surface area contributed by atoms with Crippen LogP contribution in [0.4, 0.5) is 0 Å². The van der Waals surface area contributed by atoms with Gasteiger partial charge in [0.15, 0.2) is 11.4 Å². The summed E-state index contributed by atoms with van der Waals surface area (Å²) in [6.07, 6.45) is 0. The maximum absolute atomic E-state index is 12.8. The molecule has 0 spiro atoms. The van der Waals surface area contributed by atoms with Gasteiger partial charge < -0.3 is 13.7 Å². The fourth-order valence-electron chi connectivity index (χ4n) is 3.03. The molecule has 0 aliphatic heterocycles. The molecule has 2 aromatic heterocycles. The van der Waals surface area contributed by atoms with Crippen LogP contribution in [0.25, 0.3) is 11.1 Å². The van der Waals surface area contributed by atoms with Crippen LogP contribution in [-0.4, -0.2) is 28.6 Å². The van der Waals surface area contributed by atoms with Crippen molar-refractivity contribution in [2.45, 2.75) is 26.9 Å². The van der Waals surface area contributed by atoms with Gasteiger partial charge in [0.1, 0.15) is 0 Å². The van der Waals surface area contributed by atoms with Crippen molar-refractivity contribution in [3.8, 4) is 0 Å². The minimum Gasteiger partial charge on any atom is -0.408 e. The van der Waals surface area contributed by atoms with Crippen LogP contribution in [-0.2, 0) is 17.8 Å². The molecule has 0 N–H and O–H groups in total. The Bertz CT molecular complexity index is 997. The van der Waals surface area contributed by atoms with E-state index in [2.05, 4.69) is 0 Å². The summed E-state index contributed by atoms with van der Waals surface area (Å²) in [6.45, 7) is 5.00. The Kier molecular flexibility index (Phi) is 4.83. The van der Waals surface area contributed by atoms with Crippen molar-refractivity contribution in [3.63, 3.8) is 0 Å². The van der Waals surface area contributed by atoms with Gasteiger partial charge in [0.25, 0.3) is 0 Å². The molecule has 6 nitrogen and oxygen atoms in total. The fourth-order valence-corrected chi connectivity index (χ4v) is 3.19. The number of carbonyl (C=O) groups is 1. The minimum atomic E-state index is -0.571. The summed E-state index contributed by atoms with van der Waals surface area (Å²) in [5.41, 5.74) is 3.37. The normalized spacial score (nSPS) is 11.4. The first-order valence-electron chi connectivity index (χ1n) is 7.90. The van der Waals surface area contributed by atoms with E-state index < -0.39 is 5.76 Å². The van der Waals surface area contributed by atoms with Gasteiger partial charge in [0, 0.05) is 41.7 Å². The number of hydrogen-bond donors (Lipinski definition) is 0. The summed E-state index contributed by atoms with van der Waals surface area (Å²) in [7, 11) is 1.64. The lowest BCUT2D eigenvalue weighted by Crippen LogP contribution is -2.20. The Morgan fingerprint density at radius 3 is 2.72 bits per heavy atom. The Hall–Kier alpha value is -2.31. The number of carbonyl (C=O) groups excluding carboxylic acids is 1. The van der Waals surface area contributed by atoms with Crippen molar-refractivity contribution in [1.29, 1.82) is 0 Å². The lowest BCUT2D eigenvalue weighted by Gasteiger charge is -2.09. The highest BCUT2D eigenvalue weighted by Gasteiger charge is 2.19. The smallest absolute Gasteiger partial charge is 0.408 e. The quantitative estimate of drug-likeness (QED) is 0.631. The third-order valence-corrected chi connectivity index (χ3v) is 4.56. The van der Waals surface area contributed by atoms with Crippen molar-refractivity contribution >= 4 is 28.5 Å². The zero-order chi connectivity index (χ0) is 18.1. The Morgan fingerprint density at radius 2 is 2.00 bits per heavy atom. The average molecular weight is 363 g/mol. The van der Waals surface area contributed by atoms with E-state index in [0.717, 1.165) is 11.4 Å². The number of fused-ring (bicyclic) bond motifs is 1. The van der Waals surface area contributed by atoms with Gasteiger partial charge in [-0.15, -0.1) is 0 Å². The van der Waals surface area contributed by atoms with E-state index in [-0.39, 0.29) is 12.3 Å². The van der Waals surface area contributed by atoms with Crippen LogP contribution in [0, 0.1) is 13.8 Å². The first-order valence-corrected chi connectivity index (χ1v) is 8.28. The van der Waals surface area contributed by atoms with E-state index in [0.29, 0.717) is 34.8 Å². The number of benzene rings is 1. The van der Waals surface area contributed by atoms with E-state index >= 15 is 0 Å². The second-order valence-electron chi connectivity index (χ2n) is 5.92. The monoisotopic (exact) mass is 362 g/mol. The van der Waals surface area contributed by atoms with E-state index in [1.165, 1.54) is 4.57 Å². The Morgan fingerprint density at radius 1 is 1.24 bits per heavy atom. The molecule has 7 heteroatoms. The molecule has 25 heavy (non-hydrogen) atoms. The second kappa shape index (κ2) is 6.90. The molecule has 0 saturated heterocycles. The maximum atomic E-state index is 12.8. The molecule has 0 radical (unpaired) electrons. The van der Waals surface area contributed by atoms with Crippen molar-refractivity contribution < 1.29 is 13.9 Å². The number of hydrogen-bond acceptors (Lipinski definition) is 4. The third-order valence-electron chi connectivity index (χ3n) is 4.33. The van der Waals surface area contributed by atoms with Crippen LogP contribution in [0.3, 0.4) is 0 Å². The highest BCUT2D eigenvalue weighted by atomic mass is 35.5. The molecular formula is C18H19ClN2O4. The Balaban J connectivity index is 1.93. The third kappa shape index (κ3) is 3.27. The molecule has 0 amide bonds. The number of Topliss-reactive ketones (excluding diaryl/α,β-unsaturated/α-hetero) is 1. The first kappa shape index (κ1) is 17.5. The summed E-state index contributed by atoms with van der Waals surface area (Å²) < 4.78 is 13.7. The highest BCUT2D eigenvalue weighted by Crippen LogP contribution is 2.20. The van der Waals surface area contributed by atoms with E-state index in [4.69, 9.17) is 20.8 Å². The van der Waals surface area contributed by atoms with Crippen LogP contribution in [0.15, 0.2) is 33.5 Å². The summed E-state index contributed by atoms with van der Waals surface area (Å²) in [5, 5.41) is 0.474. The van der Waals surface area contributed by atoms with Gasteiger partial charge >= 0.3 is 5.76 Å². The van der Waals surface area contributed by atoms with Gasteiger partial charge in [-0.2, -0.15) is 0 Å². The SMILES string of the molecule is COCCn1c(C)cc(C(=O)Cn2c(=O)oc3cc(Cl)ccc32)c1C. The number of aromatic nitrogens is 2. The molecule has 2 heterocycles. The zero-order valence-corrected chi connectivity index (χ0v) is 15.1. The summed E-state index contributed by atoms with van der Waals surface area (Å²) >= 11 is 5.91. The number of aryl methyl sites for hydroxylation is 1. The average Bonchev–Trinajstić information content (AvgIpc) is 3.02. The maximum Gasteiger partial charge on any atom is 0.420 e. The van der Waals surface area contributed by atoms with E-state index in [9.17, 15) is 9.59 Å². The van der Waals surface area contributed by atoms with Gasteiger partial charge in [0.2, 0.25) is 0 Å². The fraction of sp³-hybridized carbons (Fsp3) is 0.333. The number of ether oxygens (including phenoxy) is 1. The standard InChI is InChI=1S/C18H19ClN2O4/c1-11-8-14(12(2)20(11)6-7-24-3)16(22)10-21-15-5-4-13(19)9-17(15)25-18(21)23/h4-5,8-9H,6-7,10H2,1-3H3. The lowest BCUT2D eigenvalue weighted by molar-refractivity contribution is 0.0969. The van der Waals surface area contributed by atoms with Crippen LogP contribution < -0.4 is 5.76 Å². The molecular weight excluding hydrogens is 344 g/mol. The van der Waals surface area contributed by atoms with Crippen LogP contribution >= 0.6 is 11.6 Å². The molecule has 3 aromatic rings. The van der Waals surface area contributed by atoms with Crippen molar-refractivity contribution in [2.75, 3.05) is 13.7 Å². The molecule has 3 rings (SSSR count). The first-order chi connectivity index (χ1) is 11.9. The topological polar surface area (TPSA) is 66.4 Å². The van der Waals surface area contributed by atoms with Crippen LogP contribution in [0.5, 0.6) is 0 Å². The number of methoxy groups -OCH3 is 1. The molecule has 0 aliphatic carbocycles. The second-order valence-corrected chi connectivity index (χ2v) is 6.36. The summed E-state index contributed by atoms with van der Waals surface area (Å²) in [6, 6.07) is 6.75. The minimum absolute atomic E-state index is 0.0813. The number of nitrogens with zero attached hydrogens (tertiary/aromatic N) is 2. The predicted octanol–water partition coefficient (Wildman–Crippen LogP) is 3.20. The molecule has 132 valence electrons. The van der Waals surface area contributed by atoms with Gasteiger partial charge in [-0.25, -0.2) is 4.79 Å². The summed E-state index contributed by atoms with van der Waals surface area (Å²) in [5.74, 6) is -0.713. The highest BCUT2D eigenvalue weighted by molar-refractivity contribution is 6.31. The summed E-state index contributed by atoms with van der Waals surface area (Å²) in [4.78, 5) is 24.9. The lowest BCUT2D eigenvalue weighted by atomic mass is 10.1. The van der Waals surface area contributed by atoms with Gasteiger partial charge in [-0.05, 0) is 32.0 Å². The van der Waals surface area contributed by atoms with E-state index in [1.807, 2.05) is 24.5 Å². The molecule has 0 unspecified atom stereocenters. The van der Waals surface area contributed by atoms with Gasteiger partial charge in [-0.3, -0.25) is 9.36 Å². The Labute approximate surface area is 149 Å². The number of halogens is 1. The van der Waals surface area contributed by atoms with Crippen molar-refractivity contribution in [1.82, 2.24) is 9.13 Å². The largest absolute Gasteiger partial charge is 0.420 e. The van der Waals surface area contributed by atoms with Crippen LogP contribution in [0.1, 0.15) is 21.7 Å². The number of ketones is 1. The zero-order valence-electron chi connectivity index (χ0n) is 14.3. The van der Waals surface area contributed by atoms with E-state index in [1.54, 1.807) is 25.3 Å². The van der Waals surface area contributed by atoms with Gasteiger partial charge in [-0.1, -0.05) is 11.6 Å². The molecule has 0 saturated carbocycles. The molecule has 0 atom stereocenters. The molecule has 0 fully saturated rings.